The first-order valence-corrected chi connectivity index (χ1v) is 5.05. The van der Waals surface area contributed by atoms with E-state index in [9.17, 15) is 0 Å². The summed E-state index contributed by atoms with van der Waals surface area (Å²) in [5.74, 6) is 0. The fraction of sp³-hybridized carbons (Fsp3) is 0.500. The molecule has 1 heterocycles. The molecule has 0 amide bonds. The van der Waals surface area contributed by atoms with Crippen LogP contribution in [0.4, 0.5) is 0 Å². The largest absolute Gasteiger partial charge is 0.396 e. The molecule has 1 unspecified atom stereocenters. The van der Waals surface area contributed by atoms with E-state index in [4.69, 9.17) is 16.7 Å². The molecule has 0 aliphatic carbocycles. The molecule has 0 aromatic carbocycles. The summed E-state index contributed by atoms with van der Waals surface area (Å²) >= 11 is 5.88. The molecule has 1 rings (SSSR count). The third-order valence-electron chi connectivity index (χ3n) is 2.04. The van der Waals surface area contributed by atoms with Crippen molar-refractivity contribution >= 4 is 11.6 Å². The number of pyridine rings is 1. The first-order valence-electron chi connectivity index (χ1n) is 4.67. The highest BCUT2D eigenvalue weighted by Crippen LogP contribution is 2.11. The van der Waals surface area contributed by atoms with Crippen molar-refractivity contribution in [2.75, 3.05) is 6.61 Å². The molecule has 4 heteroatoms. The fourth-order valence-corrected chi connectivity index (χ4v) is 1.32. The quantitative estimate of drug-likeness (QED) is 0.732. The highest BCUT2D eigenvalue weighted by molar-refractivity contribution is 6.30. The second kappa shape index (κ2) is 5.96. The Kier molecular flexibility index (Phi) is 4.87. The third-order valence-corrected chi connectivity index (χ3v) is 2.38. The van der Waals surface area contributed by atoms with Crippen LogP contribution in [0.25, 0.3) is 0 Å². The lowest BCUT2D eigenvalue weighted by Crippen LogP contribution is -2.26. The van der Waals surface area contributed by atoms with Gasteiger partial charge in [-0.05, 0) is 19.4 Å². The highest BCUT2D eigenvalue weighted by atomic mass is 35.5. The second-order valence-electron chi connectivity index (χ2n) is 3.25. The summed E-state index contributed by atoms with van der Waals surface area (Å²) in [6.07, 6.45) is 2.42. The van der Waals surface area contributed by atoms with Crippen molar-refractivity contribution in [3.05, 3.63) is 29.0 Å². The van der Waals surface area contributed by atoms with Crippen LogP contribution in [0.2, 0.25) is 5.15 Å². The van der Waals surface area contributed by atoms with Gasteiger partial charge in [-0.2, -0.15) is 0 Å². The van der Waals surface area contributed by atoms with Gasteiger partial charge in [0.15, 0.2) is 0 Å². The van der Waals surface area contributed by atoms with E-state index in [1.165, 1.54) is 0 Å². The Morgan fingerprint density at radius 3 is 3.07 bits per heavy atom. The Bertz CT molecular complexity index is 281. The van der Waals surface area contributed by atoms with Crippen molar-refractivity contribution in [3.63, 3.8) is 0 Å². The van der Waals surface area contributed by atoms with Gasteiger partial charge in [-0.25, -0.2) is 4.98 Å². The molecular weight excluding hydrogens is 200 g/mol. The van der Waals surface area contributed by atoms with E-state index < -0.39 is 0 Å². The molecular formula is C10H15ClN2O. The molecule has 1 aromatic rings. The number of hydrogen-bond acceptors (Lipinski definition) is 3. The molecule has 78 valence electrons. The summed E-state index contributed by atoms with van der Waals surface area (Å²) in [5, 5.41) is 12.5. The standard InChI is InChI=1S/C10H15ClN2O/c1-8(4-6-14)13-7-9-3-2-5-12-10(9)11/h2-3,5,8,13-14H,4,6-7H2,1H3. The lowest BCUT2D eigenvalue weighted by molar-refractivity contribution is 0.268. The minimum atomic E-state index is 0.203. The van der Waals surface area contributed by atoms with Crippen LogP contribution in [-0.4, -0.2) is 22.7 Å². The van der Waals surface area contributed by atoms with Crippen LogP contribution in [0.15, 0.2) is 18.3 Å². The van der Waals surface area contributed by atoms with E-state index in [-0.39, 0.29) is 12.6 Å². The van der Waals surface area contributed by atoms with E-state index in [0.717, 1.165) is 12.0 Å². The monoisotopic (exact) mass is 214 g/mol. The highest BCUT2D eigenvalue weighted by Gasteiger charge is 2.03. The third kappa shape index (κ3) is 3.62. The molecule has 0 saturated heterocycles. The van der Waals surface area contributed by atoms with Gasteiger partial charge in [0.05, 0.1) is 0 Å². The minimum Gasteiger partial charge on any atom is -0.396 e. The molecule has 0 aliphatic heterocycles. The number of aromatic nitrogens is 1. The van der Waals surface area contributed by atoms with Gasteiger partial charge >= 0.3 is 0 Å². The Labute approximate surface area is 89.1 Å². The number of aliphatic hydroxyl groups is 1. The van der Waals surface area contributed by atoms with Gasteiger partial charge in [0.1, 0.15) is 5.15 Å². The minimum absolute atomic E-state index is 0.203. The van der Waals surface area contributed by atoms with Crippen molar-refractivity contribution < 1.29 is 5.11 Å². The maximum atomic E-state index is 8.71. The number of halogens is 1. The topological polar surface area (TPSA) is 45.1 Å². The van der Waals surface area contributed by atoms with Crippen LogP contribution in [0, 0.1) is 0 Å². The summed E-state index contributed by atoms with van der Waals surface area (Å²) in [6.45, 7) is 2.92. The van der Waals surface area contributed by atoms with Crippen LogP contribution in [0.1, 0.15) is 18.9 Å². The molecule has 2 N–H and O–H groups in total. The summed E-state index contributed by atoms with van der Waals surface area (Å²) in [6, 6.07) is 4.09. The normalized spacial score (nSPS) is 12.8. The van der Waals surface area contributed by atoms with E-state index in [1.807, 2.05) is 19.1 Å². The lowest BCUT2D eigenvalue weighted by Gasteiger charge is -2.12. The maximum absolute atomic E-state index is 8.71. The van der Waals surface area contributed by atoms with Crippen molar-refractivity contribution in [3.8, 4) is 0 Å². The van der Waals surface area contributed by atoms with Crippen LogP contribution >= 0.6 is 11.6 Å². The summed E-state index contributed by atoms with van der Waals surface area (Å²) < 4.78 is 0. The molecule has 0 saturated carbocycles. The zero-order chi connectivity index (χ0) is 10.4. The maximum Gasteiger partial charge on any atom is 0.133 e. The number of rotatable bonds is 5. The summed E-state index contributed by atoms with van der Waals surface area (Å²) in [5.41, 5.74) is 0.985. The molecule has 3 nitrogen and oxygen atoms in total. The Morgan fingerprint density at radius 1 is 1.64 bits per heavy atom. The van der Waals surface area contributed by atoms with E-state index >= 15 is 0 Å². The van der Waals surface area contributed by atoms with Crippen molar-refractivity contribution in [2.45, 2.75) is 25.9 Å². The molecule has 0 spiro atoms. The molecule has 1 aromatic heterocycles. The van der Waals surface area contributed by atoms with Gasteiger partial charge in [-0.1, -0.05) is 17.7 Å². The van der Waals surface area contributed by atoms with E-state index in [1.54, 1.807) is 6.20 Å². The first-order chi connectivity index (χ1) is 6.74. The predicted octanol–water partition coefficient (Wildman–Crippen LogP) is 1.60. The van der Waals surface area contributed by atoms with Gasteiger partial charge < -0.3 is 10.4 Å². The van der Waals surface area contributed by atoms with Gasteiger partial charge in [-0.15, -0.1) is 0 Å². The second-order valence-corrected chi connectivity index (χ2v) is 3.61. The number of hydrogen-bond donors (Lipinski definition) is 2. The van der Waals surface area contributed by atoms with E-state index in [0.29, 0.717) is 11.7 Å². The average molecular weight is 215 g/mol. The predicted molar refractivity (Wildman–Crippen MR) is 57.3 cm³/mol. The van der Waals surface area contributed by atoms with Crippen molar-refractivity contribution in [2.24, 2.45) is 0 Å². The van der Waals surface area contributed by atoms with Crippen molar-refractivity contribution in [1.29, 1.82) is 0 Å². The molecule has 1 atom stereocenters. The molecule has 0 fully saturated rings. The molecule has 0 radical (unpaired) electrons. The van der Waals surface area contributed by atoms with Gasteiger partial charge in [0, 0.05) is 31.0 Å². The molecule has 0 bridgehead atoms. The number of nitrogens with zero attached hydrogens (tertiary/aromatic N) is 1. The number of aliphatic hydroxyl groups excluding tert-OH is 1. The number of nitrogens with one attached hydrogen (secondary N) is 1. The zero-order valence-electron chi connectivity index (χ0n) is 8.20. The zero-order valence-corrected chi connectivity index (χ0v) is 8.96. The Balaban J connectivity index is 2.41. The molecule has 0 aliphatic rings. The van der Waals surface area contributed by atoms with Crippen LogP contribution in [-0.2, 0) is 6.54 Å². The van der Waals surface area contributed by atoms with E-state index in [2.05, 4.69) is 10.3 Å². The van der Waals surface area contributed by atoms with Gasteiger partial charge in [0.25, 0.3) is 0 Å². The SMILES string of the molecule is CC(CCO)NCc1cccnc1Cl. The lowest BCUT2D eigenvalue weighted by atomic mass is 10.2. The smallest absolute Gasteiger partial charge is 0.133 e. The van der Waals surface area contributed by atoms with Gasteiger partial charge in [0.2, 0.25) is 0 Å². The average Bonchev–Trinajstić information content (AvgIpc) is 2.17. The van der Waals surface area contributed by atoms with Crippen LogP contribution in [0.3, 0.4) is 0 Å². The van der Waals surface area contributed by atoms with Gasteiger partial charge in [-0.3, -0.25) is 0 Å². The van der Waals surface area contributed by atoms with Crippen molar-refractivity contribution in [1.82, 2.24) is 10.3 Å². The summed E-state index contributed by atoms with van der Waals surface area (Å²) in [7, 11) is 0. The molecule has 14 heavy (non-hydrogen) atoms. The Hall–Kier alpha value is -0.640. The Morgan fingerprint density at radius 2 is 2.43 bits per heavy atom. The summed E-state index contributed by atoms with van der Waals surface area (Å²) in [4.78, 5) is 3.98. The first kappa shape index (κ1) is 11.4. The van der Waals surface area contributed by atoms with Crippen LogP contribution < -0.4 is 5.32 Å². The fourth-order valence-electron chi connectivity index (χ4n) is 1.13. The van der Waals surface area contributed by atoms with Crippen LogP contribution in [0.5, 0.6) is 0 Å².